The molecule has 1 aromatic carbocycles. The van der Waals surface area contributed by atoms with E-state index in [0.29, 0.717) is 13.1 Å². The van der Waals surface area contributed by atoms with Crippen molar-refractivity contribution >= 4 is 0 Å². The molecule has 0 amide bonds. The van der Waals surface area contributed by atoms with Crippen LogP contribution in [0.25, 0.3) is 0 Å². The number of halogens is 1. The van der Waals surface area contributed by atoms with Gasteiger partial charge in [0.15, 0.2) is 11.6 Å². The number of aliphatic hydroxyl groups excluding tert-OH is 2. The zero-order valence-corrected chi connectivity index (χ0v) is 14.2. The second kappa shape index (κ2) is 7.78. The van der Waals surface area contributed by atoms with Crippen molar-refractivity contribution in [2.24, 2.45) is 0 Å². The Hall–Kier alpha value is -1.21. The Morgan fingerprint density at radius 1 is 1.17 bits per heavy atom. The molecular weight excluding hydrogens is 311 g/mol. The molecule has 24 heavy (non-hydrogen) atoms. The first-order chi connectivity index (χ1) is 11.6. The molecule has 2 atom stereocenters. The summed E-state index contributed by atoms with van der Waals surface area (Å²) in [4.78, 5) is 4.48. The molecule has 2 aliphatic heterocycles. The number of nitrogens with zero attached hydrogens (tertiary/aromatic N) is 2. The lowest BCUT2D eigenvalue weighted by atomic mass is 9.96. The van der Waals surface area contributed by atoms with E-state index in [1.165, 1.54) is 13.2 Å². The lowest BCUT2D eigenvalue weighted by Gasteiger charge is -2.43. The second-order valence-corrected chi connectivity index (χ2v) is 6.89. The van der Waals surface area contributed by atoms with Gasteiger partial charge in [-0.2, -0.15) is 0 Å². The van der Waals surface area contributed by atoms with E-state index in [2.05, 4.69) is 9.80 Å². The summed E-state index contributed by atoms with van der Waals surface area (Å²) in [6.45, 7) is 3.81. The van der Waals surface area contributed by atoms with Gasteiger partial charge in [0.1, 0.15) is 0 Å². The van der Waals surface area contributed by atoms with E-state index in [1.807, 2.05) is 6.07 Å². The van der Waals surface area contributed by atoms with Crippen LogP contribution in [0.1, 0.15) is 24.8 Å². The summed E-state index contributed by atoms with van der Waals surface area (Å²) < 4.78 is 18.7. The Labute approximate surface area is 142 Å². The highest BCUT2D eigenvalue weighted by molar-refractivity contribution is 5.29. The summed E-state index contributed by atoms with van der Waals surface area (Å²) in [5, 5.41) is 20.2. The molecule has 6 heteroatoms. The quantitative estimate of drug-likeness (QED) is 0.865. The molecule has 2 heterocycles. The van der Waals surface area contributed by atoms with Gasteiger partial charge in [-0.05, 0) is 37.0 Å². The molecule has 0 spiro atoms. The standard InChI is InChI=1S/C18H27FN2O3/c1-24-18-3-2-13(10-15(18)19)11-20-7-6-16(17(23)12-20)21-8-4-14(22)5-9-21/h2-3,10,14,16-17,22-23H,4-9,11-12H2,1H3/t16-,17-/m1/s1. The van der Waals surface area contributed by atoms with Crippen molar-refractivity contribution in [1.82, 2.24) is 9.80 Å². The number of hydrogen-bond acceptors (Lipinski definition) is 5. The number of β-amino-alcohol motifs (C(OH)–C–C–N with tert-alkyl or cyclic N) is 1. The van der Waals surface area contributed by atoms with Crippen molar-refractivity contribution < 1.29 is 19.3 Å². The number of hydrogen-bond donors (Lipinski definition) is 2. The highest BCUT2D eigenvalue weighted by Crippen LogP contribution is 2.24. The molecule has 0 aliphatic carbocycles. The number of likely N-dealkylation sites (tertiary alicyclic amines) is 2. The minimum atomic E-state index is -0.405. The topological polar surface area (TPSA) is 56.2 Å². The van der Waals surface area contributed by atoms with Gasteiger partial charge in [0, 0.05) is 38.8 Å². The Bertz CT molecular complexity index is 549. The molecule has 5 nitrogen and oxygen atoms in total. The molecule has 2 aliphatic rings. The summed E-state index contributed by atoms with van der Waals surface area (Å²) in [6, 6.07) is 5.18. The summed E-state index contributed by atoms with van der Waals surface area (Å²) in [5.74, 6) is -0.0953. The van der Waals surface area contributed by atoms with Gasteiger partial charge < -0.3 is 14.9 Å². The molecule has 0 unspecified atom stereocenters. The summed E-state index contributed by atoms with van der Waals surface area (Å²) in [5.41, 5.74) is 0.889. The number of rotatable bonds is 4. The molecule has 2 fully saturated rings. The fourth-order valence-electron chi connectivity index (χ4n) is 3.84. The maximum atomic E-state index is 13.8. The van der Waals surface area contributed by atoms with Crippen molar-refractivity contribution in [1.29, 1.82) is 0 Å². The molecule has 134 valence electrons. The predicted molar refractivity (Wildman–Crippen MR) is 89.5 cm³/mol. The van der Waals surface area contributed by atoms with Crippen LogP contribution >= 0.6 is 0 Å². The minimum Gasteiger partial charge on any atom is -0.494 e. The first kappa shape index (κ1) is 17.6. The van der Waals surface area contributed by atoms with Crippen LogP contribution in [0.5, 0.6) is 5.75 Å². The highest BCUT2D eigenvalue weighted by Gasteiger charge is 2.33. The van der Waals surface area contributed by atoms with Gasteiger partial charge in [-0.1, -0.05) is 6.07 Å². The number of benzene rings is 1. The van der Waals surface area contributed by atoms with Crippen LogP contribution in [0.2, 0.25) is 0 Å². The second-order valence-electron chi connectivity index (χ2n) is 6.89. The van der Waals surface area contributed by atoms with Gasteiger partial charge in [-0.25, -0.2) is 4.39 Å². The smallest absolute Gasteiger partial charge is 0.165 e. The summed E-state index contributed by atoms with van der Waals surface area (Å²) >= 11 is 0. The van der Waals surface area contributed by atoms with Gasteiger partial charge in [-0.15, -0.1) is 0 Å². The molecule has 0 radical (unpaired) electrons. The molecule has 2 saturated heterocycles. The van der Waals surface area contributed by atoms with Gasteiger partial charge >= 0.3 is 0 Å². The summed E-state index contributed by atoms with van der Waals surface area (Å²) in [6.07, 6.45) is 1.88. The van der Waals surface area contributed by atoms with E-state index >= 15 is 0 Å². The van der Waals surface area contributed by atoms with Crippen LogP contribution in [0.3, 0.4) is 0 Å². The summed E-state index contributed by atoms with van der Waals surface area (Å²) in [7, 11) is 1.46. The van der Waals surface area contributed by atoms with Gasteiger partial charge in [0.05, 0.1) is 19.3 Å². The molecule has 0 aromatic heterocycles. The Balaban J connectivity index is 1.54. The monoisotopic (exact) mass is 338 g/mol. The molecule has 1 aromatic rings. The van der Waals surface area contributed by atoms with Gasteiger partial charge in [0.25, 0.3) is 0 Å². The number of aliphatic hydroxyl groups is 2. The number of ether oxygens (including phenoxy) is 1. The van der Waals surface area contributed by atoms with E-state index in [1.54, 1.807) is 6.07 Å². The largest absolute Gasteiger partial charge is 0.494 e. The van der Waals surface area contributed by atoms with E-state index < -0.39 is 6.10 Å². The van der Waals surface area contributed by atoms with E-state index in [9.17, 15) is 14.6 Å². The normalized spacial score (nSPS) is 27.3. The number of methoxy groups -OCH3 is 1. The van der Waals surface area contributed by atoms with Crippen molar-refractivity contribution in [2.75, 3.05) is 33.3 Å². The molecule has 2 N–H and O–H groups in total. The third-order valence-corrected chi connectivity index (χ3v) is 5.22. The molecular formula is C18H27FN2O3. The van der Waals surface area contributed by atoms with Gasteiger partial charge in [-0.3, -0.25) is 9.80 Å². The van der Waals surface area contributed by atoms with Crippen LogP contribution in [0.4, 0.5) is 4.39 Å². The van der Waals surface area contributed by atoms with E-state index in [-0.39, 0.29) is 23.7 Å². The average Bonchev–Trinajstić information content (AvgIpc) is 2.56. The van der Waals surface area contributed by atoms with Crippen LogP contribution in [0, 0.1) is 5.82 Å². The van der Waals surface area contributed by atoms with Crippen molar-refractivity contribution in [2.45, 2.75) is 44.1 Å². The Morgan fingerprint density at radius 2 is 1.92 bits per heavy atom. The maximum absolute atomic E-state index is 13.8. The fourth-order valence-corrected chi connectivity index (χ4v) is 3.84. The van der Waals surface area contributed by atoms with Crippen molar-refractivity contribution in [3.05, 3.63) is 29.6 Å². The van der Waals surface area contributed by atoms with Gasteiger partial charge in [0.2, 0.25) is 0 Å². The first-order valence-electron chi connectivity index (χ1n) is 8.72. The lowest BCUT2D eigenvalue weighted by molar-refractivity contribution is -0.0355. The fraction of sp³-hybridized carbons (Fsp3) is 0.667. The zero-order chi connectivity index (χ0) is 17.1. The van der Waals surface area contributed by atoms with Crippen LogP contribution in [0.15, 0.2) is 18.2 Å². The van der Waals surface area contributed by atoms with Crippen molar-refractivity contribution in [3.63, 3.8) is 0 Å². The third kappa shape index (κ3) is 4.06. The van der Waals surface area contributed by atoms with Crippen molar-refractivity contribution in [3.8, 4) is 5.75 Å². The minimum absolute atomic E-state index is 0.168. The number of piperidine rings is 2. The first-order valence-corrected chi connectivity index (χ1v) is 8.72. The van der Waals surface area contributed by atoms with Crippen LogP contribution in [-0.4, -0.2) is 71.6 Å². The van der Waals surface area contributed by atoms with Crippen LogP contribution in [-0.2, 0) is 6.54 Å². The third-order valence-electron chi connectivity index (χ3n) is 5.22. The Morgan fingerprint density at radius 3 is 2.54 bits per heavy atom. The molecule has 3 rings (SSSR count). The molecule has 0 bridgehead atoms. The molecule has 0 saturated carbocycles. The van der Waals surface area contributed by atoms with E-state index in [0.717, 1.165) is 44.5 Å². The van der Waals surface area contributed by atoms with Crippen LogP contribution < -0.4 is 4.74 Å². The maximum Gasteiger partial charge on any atom is 0.165 e. The van der Waals surface area contributed by atoms with E-state index in [4.69, 9.17) is 4.74 Å². The SMILES string of the molecule is COc1ccc(CN2CC[C@@H](N3CCC(O)CC3)[C@H](O)C2)cc1F. The highest BCUT2D eigenvalue weighted by atomic mass is 19.1. The zero-order valence-electron chi connectivity index (χ0n) is 14.2. The lowest BCUT2D eigenvalue weighted by Crippen LogP contribution is -2.55. The Kier molecular flexibility index (Phi) is 5.71. The predicted octanol–water partition coefficient (Wildman–Crippen LogP) is 1.23. The average molecular weight is 338 g/mol.